The highest BCUT2D eigenvalue weighted by Crippen LogP contribution is 2.48. The van der Waals surface area contributed by atoms with Gasteiger partial charge in [0.15, 0.2) is 0 Å². The lowest BCUT2D eigenvalue weighted by molar-refractivity contribution is -0.647. The molecule has 16 heteroatoms. The number of halogens is 2. The highest BCUT2D eigenvalue weighted by atomic mass is 79.9. The van der Waals surface area contributed by atoms with Gasteiger partial charge < -0.3 is 4.90 Å². The molecule has 0 saturated carbocycles. The zero-order valence-electron chi connectivity index (χ0n) is 16.5. The number of thioether (sulfide) groups is 1. The smallest absolute Gasteiger partial charge is 0.325 e. The third-order valence-electron chi connectivity index (χ3n) is 4.21. The molecule has 1 aromatic carbocycles. The Balaban J connectivity index is 1.80. The number of rotatable bonds is 6. The van der Waals surface area contributed by atoms with Gasteiger partial charge in [-0.15, -0.1) is 0 Å². The number of carbonyl (C=O) groups excluding carboxylic acids is 1. The van der Waals surface area contributed by atoms with Gasteiger partial charge in [0.05, 0.1) is 26.8 Å². The average molecular weight is 632 g/mol. The molecular weight excluding hydrogens is 618 g/mol. The molecule has 0 bridgehead atoms. The number of aromatic nitrogens is 1. The lowest BCUT2D eigenvalue weighted by Gasteiger charge is -2.19. The Labute approximate surface area is 215 Å². The molecule has 0 radical (unpaired) electrons. The summed E-state index contributed by atoms with van der Waals surface area (Å²) in [5.41, 5.74) is 0.616. The Morgan fingerprint density at radius 3 is 2.67 bits per heavy atom. The van der Waals surface area contributed by atoms with E-state index in [1.165, 1.54) is 39.0 Å². The van der Waals surface area contributed by atoms with E-state index in [0.29, 0.717) is 25.6 Å². The van der Waals surface area contributed by atoms with Gasteiger partial charge in [0, 0.05) is 9.92 Å². The highest BCUT2D eigenvalue weighted by molar-refractivity contribution is 9.11. The summed E-state index contributed by atoms with van der Waals surface area (Å²) in [5, 5.41) is 1.52. The fourth-order valence-corrected chi connectivity index (χ4v) is 8.70. The van der Waals surface area contributed by atoms with E-state index in [4.69, 9.17) is 11.6 Å². The predicted molar refractivity (Wildman–Crippen MR) is 135 cm³/mol. The molecule has 1 aliphatic rings. The molecule has 0 spiro atoms. The van der Waals surface area contributed by atoms with Crippen LogP contribution in [0, 0.1) is 0 Å². The van der Waals surface area contributed by atoms with Gasteiger partial charge in [0.2, 0.25) is 10.0 Å². The minimum absolute atomic E-state index is 0.303. The van der Waals surface area contributed by atoms with Gasteiger partial charge >= 0.3 is 10.1 Å². The van der Waals surface area contributed by atoms with Gasteiger partial charge in [-0.25, -0.2) is 8.42 Å². The maximum atomic E-state index is 12.4. The largest absolute Gasteiger partial charge is 0.326 e. The molecule has 3 aromatic rings. The molecule has 0 saturated heterocycles. The molecule has 1 aliphatic heterocycles. The van der Waals surface area contributed by atoms with E-state index in [0.717, 1.165) is 19.6 Å². The van der Waals surface area contributed by atoms with E-state index in [1.807, 2.05) is 10.8 Å². The van der Waals surface area contributed by atoms with Crippen LogP contribution >= 0.6 is 62.0 Å². The van der Waals surface area contributed by atoms with Crippen LogP contribution in [0.15, 0.2) is 38.0 Å². The molecule has 0 atom stereocenters. The zero-order valence-corrected chi connectivity index (χ0v) is 22.9. The van der Waals surface area contributed by atoms with Crippen LogP contribution < -0.4 is 14.2 Å². The summed E-state index contributed by atoms with van der Waals surface area (Å²) < 4.78 is 60.8. The summed E-state index contributed by atoms with van der Waals surface area (Å²) in [6, 6.07) is 6.98. The van der Waals surface area contributed by atoms with E-state index < -0.39 is 31.9 Å². The number of fused-ring (bicyclic) bond motifs is 2. The fourth-order valence-electron chi connectivity index (χ4n) is 3.09. The van der Waals surface area contributed by atoms with Gasteiger partial charge in [-0.1, -0.05) is 46.0 Å². The molecule has 3 heterocycles. The van der Waals surface area contributed by atoms with Crippen LogP contribution in [0.4, 0.5) is 5.69 Å². The molecule has 0 fully saturated rings. The lowest BCUT2D eigenvalue weighted by Crippen LogP contribution is -2.39. The van der Waals surface area contributed by atoms with Crippen molar-refractivity contribution in [1.29, 1.82) is 0 Å². The van der Waals surface area contributed by atoms with Gasteiger partial charge in [0.1, 0.15) is 11.2 Å². The van der Waals surface area contributed by atoms with E-state index in [-0.39, 0.29) is 6.54 Å². The first kappa shape index (κ1) is 24.9. The molecule has 176 valence electrons. The maximum absolute atomic E-state index is 12.4. The van der Waals surface area contributed by atoms with Crippen molar-refractivity contribution in [3.8, 4) is 0 Å². The van der Waals surface area contributed by atoms with Crippen LogP contribution in [-0.4, -0.2) is 40.1 Å². The zero-order chi connectivity index (χ0) is 24.1. The molecule has 9 nitrogen and oxygen atoms in total. The van der Waals surface area contributed by atoms with Crippen LogP contribution in [0.2, 0.25) is 5.02 Å². The molecule has 1 amide bonds. The highest BCUT2D eigenvalue weighted by Gasteiger charge is 2.32. The normalized spacial score (nSPS) is 15.4. The second-order valence-electron chi connectivity index (χ2n) is 6.88. The first-order valence-corrected chi connectivity index (χ1v) is 16.0. The predicted octanol–water partition coefficient (Wildman–Crippen LogP) is 3.50. The first-order chi connectivity index (χ1) is 15.3. The molecular formula is C17H14BrClN3O6S5+. The summed E-state index contributed by atoms with van der Waals surface area (Å²) in [4.78, 5) is 15.4. The standard InChI is InChI=1S/C17H13BrClN3O6S5/c1-32(24,25)20-14(23)7-21-10-4-9(19)2-3-11(10)29-15(21)6-16-22(8-33(26,27)28)17-12(30-16)5-13(18)31-17/h2-6H,7-8H2,1H3,(H-,20,23,26,27,28)/p+1. The number of amides is 1. The number of hydrogen-bond donors (Lipinski definition) is 2. The van der Waals surface area contributed by atoms with Crippen LogP contribution in [0.1, 0.15) is 5.01 Å². The molecule has 2 N–H and O–H groups in total. The quantitative estimate of drug-likeness (QED) is 0.313. The number of thiazole rings is 1. The summed E-state index contributed by atoms with van der Waals surface area (Å²) in [6.45, 7) is -0.303. The van der Waals surface area contributed by atoms with Crippen molar-refractivity contribution < 1.29 is 30.7 Å². The Morgan fingerprint density at radius 1 is 1.27 bits per heavy atom. The Kier molecular flexibility index (Phi) is 6.88. The number of carbonyl (C=O) groups is 1. The van der Waals surface area contributed by atoms with Crippen LogP contribution in [0.3, 0.4) is 0 Å². The minimum Gasteiger partial charge on any atom is -0.325 e. The summed E-state index contributed by atoms with van der Waals surface area (Å²) >= 11 is 13.5. The first-order valence-electron chi connectivity index (χ1n) is 8.83. The second-order valence-corrected chi connectivity index (χ2v) is 15.0. The topological polar surface area (TPSA) is 125 Å². The van der Waals surface area contributed by atoms with Crippen molar-refractivity contribution in [3.05, 3.63) is 43.1 Å². The Hall–Kier alpha value is -1.20. The van der Waals surface area contributed by atoms with Crippen LogP contribution in [0.25, 0.3) is 15.6 Å². The van der Waals surface area contributed by atoms with Crippen molar-refractivity contribution in [1.82, 2.24) is 4.72 Å². The maximum Gasteiger partial charge on any atom is 0.326 e. The Bertz CT molecular complexity index is 1530. The van der Waals surface area contributed by atoms with E-state index >= 15 is 0 Å². The number of anilines is 1. The van der Waals surface area contributed by atoms with Gasteiger partial charge in [0.25, 0.3) is 21.6 Å². The number of thiophene rings is 1. The van der Waals surface area contributed by atoms with Crippen molar-refractivity contribution >= 4 is 109 Å². The number of nitrogens with zero attached hydrogens (tertiary/aromatic N) is 2. The summed E-state index contributed by atoms with van der Waals surface area (Å²) in [7, 11) is -8.08. The Morgan fingerprint density at radius 2 is 2.00 bits per heavy atom. The van der Waals surface area contributed by atoms with E-state index in [1.54, 1.807) is 29.2 Å². The number of sulfonamides is 1. The average Bonchev–Trinajstić information content (AvgIpc) is 3.26. The number of benzene rings is 1. The SMILES string of the molecule is CS(=O)(=O)NC(=O)CN1C(=Cc2sc3cc(Br)sc3[n+]2CS(=O)(=O)O)Sc2ccc(Cl)cc21. The van der Waals surface area contributed by atoms with Crippen molar-refractivity contribution in [3.63, 3.8) is 0 Å². The minimum atomic E-state index is -4.33. The second kappa shape index (κ2) is 9.11. The van der Waals surface area contributed by atoms with Crippen molar-refractivity contribution in [2.24, 2.45) is 0 Å². The van der Waals surface area contributed by atoms with Crippen molar-refractivity contribution in [2.45, 2.75) is 10.8 Å². The van der Waals surface area contributed by atoms with Crippen LogP contribution in [0.5, 0.6) is 0 Å². The van der Waals surface area contributed by atoms with Gasteiger partial charge in [-0.05, 0) is 40.2 Å². The van der Waals surface area contributed by atoms with Crippen LogP contribution in [-0.2, 0) is 30.8 Å². The summed E-state index contributed by atoms with van der Waals surface area (Å²) in [5.74, 6) is -1.38. The third-order valence-corrected chi connectivity index (χ3v) is 9.61. The van der Waals surface area contributed by atoms with E-state index in [9.17, 15) is 26.2 Å². The molecule has 0 unspecified atom stereocenters. The monoisotopic (exact) mass is 630 g/mol. The molecule has 0 aliphatic carbocycles. The van der Waals surface area contributed by atoms with Gasteiger partial charge in [-0.2, -0.15) is 13.0 Å². The molecule has 2 aromatic heterocycles. The molecule has 33 heavy (non-hydrogen) atoms. The lowest BCUT2D eigenvalue weighted by atomic mass is 10.3. The van der Waals surface area contributed by atoms with E-state index in [2.05, 4.69) is 15.9 Å². The molecule has 4 rings (SSSR count). The van der Waals surface area contributed by atoms with Crippen molar-refractivity contribution in [2.75, 3.05) is 17.7 Å². The number of nitrogens with one attached hydrogen (secondary N) is 1. The van der Waals surface area contributed by atoms with Gasteiger partial charge in [-0.3, -0.25) is 14.1 Å². The number of hydrogen-bond acceptors (Lipinski definition) is 9. The fraction of sp³-hybridized carbons (Fsp3) is 0.176. The summed E-state index contributed by atoms with van der Waals surface area (Å²) in [6.07, 6.45) is 2.59. The third kappa shape index (κ3) is 5.90.